The molecule has 22 heavy (non-hydrogen) atoms. The highest BCUT2D eigenvalue weighted by Gasteiger charge is 2.41. The molecule has 1 amide bonds. The first-order valence-corrected chi connectivity index (χ1v) is 8.85. The second-order valence-corrected chi connectivity index (χ2v) is 7.22. The van der Waals surface area contributed by atoms with Crippen molar-refractivity contribution in [1.82, 2.24) is 4.90 Å². The third-order valence-corrected chi connectivity index (χ3v) is 5.43. The number of ether oxygens (including phenoxy) is 1. The van der Waals surface area contributed by atoms with E-state index in [1.807, 2.05) is 0 Å². The summed E-state index contributed by atoms with van der Waals surface area (Å²) in [6, 6.07) is 0. The Morgan fingerprint density at radius 3 is 2.23 bits per heavy atom. The van der Waals surface area contributed by atoms with Crippen molar-refractivity contribution in [3.63, 3.8) is 0 Å². The van der Waals surface area contributed by atoms with E-state index in [9.17, 15) is 13.6 Å². The Labute approximate surface area is 131 Å². The van der Waals surface area contributed by atoms with E-state index in [0.717, 1.165) is 25.7 Å². The number of likely N-dealkylation sites (tertiary alicyclic amines) is 1. The van der Waals surface area contributed by atoms with Gasteiger partial charge in [0.1, 0.15) is 0 Å². The van der Waals surface area contributed by atoms with Gasteiger partial charge in [0.25, 0.3) is 0 Å². The van der Waals surface area contributed by atoms with E-state index in [2.05, 4.69) is 0 Å². The fraction of sp³-hybridized carbons (Fsp3) is 0.941. The monoisotopic (exact) mass is 315 g/mol. The van der Waals surface area contributed by atoms with Gasteiger partial charge < -0.3 is 9.64 Å². The van der Waals surface area contributed by atoms with E-state index in [4.69, 9.17) is 4.74 Å². The highest BCUT2D eigenvalue weighted by Crippen LogP contribution is 2.37. The second-order valence-electron chi connectivity index (χ2n) is 7.22. The SMILES string of the molecule is O=C([C@H]1CCCC(F)(F)C1)N1CCC(OC2CCCC2)CC1. The Balaban J connectivity index is 1.45. The molecule has 2 aliphatic carbocycles. The minimum atomic E-state index is -2.65. The fourth-order valence-electron chi connectivity index (χ4n) is 4.15. The van der Waals surface area contributed by atoms with Gasteiger partial charge in [-0.3, -0.25) is 4.79 Å². The van der Waals surface area contributed by atoms with Crippen LogP contribution in [0, 0.1) is 5.92 Å². The summed E-state index contributed by atoms with van der Waals surface area (Å²) in [7, 11) is 0. The third-order valence-electron chi connectivity index (χ3n) is 5.43. The number of piperidine rings is 1. The van der Waals surface area contributed by atoms with Crippen LogP contribution < -0.4 is 0 Å². The normalized spacial score (nSPS) is 30.6. The molecule has 5 heteroatoms. The maximum Gasteiger partial charge on any atom is 0.248 e. The largest absolute Gasteiger partial charge is 0.375 e. The van der Waals surface area contributed by atoms with Gasteiger partial charge in [-0.1, -0.05) is 12.8 Å². The van der Waals surface area contributed by atoms with Gasteiger partial charge in [0.2, 0.25) is 11.8 Å². The van der Waals surface area contributed by atoms with Gasteiger partial charge in [0.15, 0.2) is 0 Å². The molecule has 126 valence electrons. The number of carbonyl (C=O) groups excluding carboxylic acids is 1. The van der Waals surface area contributed by atoms with Crippen LogP contribution in [0.1, 0.15) is 64.2 Å². The smallest absolute Gasteiger partial charge is 0.248 e. The van der Waals surface area contributed by atoms with E-state index in [0.29, 0.717) is 32.0 Å². The van der Waals surface area contributed by atoms with Crippen molar-refractivity contribution in [3.05, 3.63) is 0 Å². The summed E-state index contributed by atoms with van der Waals surface area (Å²) >= 11 is 0. The maximum absolute atomic E-state index is 13.5. The predicted octanol–water partition coefficient (Wildman–Crippen LogP) is 3.76. The quantitative estimate of drug-likeness (QED) is 0.793. The number of hydrogen-bond donors (Lipinski definition) is 0. The van der Waals surface area contributed by atoms with Gasteiger partial charge in [-0.05, 0) is 38.5 Å². The topological polar surface area (TPSA) is 29.5 Å². The lowest BCUT2D eigenvalue weighted by atomic mass is 9.85. The molecule has 1 aliphatic heterocycles. The van der Waals surface area contributed by atoms with Gasteiger partial charge in [0.05, 0.1) is 12.2 Å². The van der Waals surface area contributed by atoms with E-state index in [-0.39, 0.29) is 24.9 Å². The summed E-state index contributed by atoms with van der Waals surface area (Å²) < 4.78 is 33.1. The van der Waals surface area contributed by atoms with Crippen molar-refractivity contribution in [3.8, 4) is 0 Å². The molecule has 1 heterocycles. The van der Waals surface area contributed by atoms with Crippen LogP contribution in [-0.4, -0.2) is 42.0 Å². The highest BCUT2D eigenvalue weighted by atomic mass is 19.3. The zero-order valence-electron chi connectivity index (χ0n) is 13.2. The molecular formula is C17H27F2NO2. The summed E-state index contributed by atoms with van der Waals surface area (Å²) in [6.45, 7) is 1.33. The summed E-state index contributed by atoms with van der Waals surface area (Å²) in [5, 5.41) is 0. The van der Waals surface area contributed by atoms with Crippen LogP contribution in [0.2, 0.25) is 0 Å². The number of nitrogens with zero attached hydrogens (tertiary/aromatic N) is 1. The second kappa shape index (κ2) is 6.81. The molecule has 0 aromatic carbocycles. The standard InChI is InChI=1S/C17H27F2NO2/c18-17(19)9-3-4-13(12-17)16(21)20-10-7-15(8-11-20)22-14-5-1-2-6-14/h13-15H,1-12H2/t13-/m0/s1. The molecule has 3 fully saturated rings. The molecule has 0 N–H and O–H groups in total. The van der Waals surface area contributed by atoms with Gasteiger partial charge >= 0.3 is 0 Å². The molecule has 3 aliphatic rings. The molecule has 2 saturated carbocycles. The molecule has 3 nitrogen and oxygen atoms in total. The van der Waals surface area contributed by atoms with Gasteiger partial charge in [0, 0.05) is 31.8 Å². The average molecular weight is 315 g/mol. The molecule has 0 spiro atoms. The molecule has 0 unspecified atom stereocenters. The molecule has 3 rings (SSSR count). The summed E-state index contributed by atoms with van der Waals surface area (Å²) in [4.78, 5) is 14.2. The first-order valence-electron chi connectivity index (χ1n) is 8.85. The Morgan fingerprint density at radius 2 is 1.59 bits per heavy atom. The first-order chi connectivity index (χ1) is 10.5. The lowest BCUT2D eigenvalue weighted by Crippen LogP contribution is -2.46. The lowest BCUT2D eigenvalue weighted by molar-refractivity contribution is -0.145. The molecule has 0 bridgehead atoms. The third kappa shape index (κ3) is 3.98. The van der Waals surface area contributed by atoms with Crippen LogP contribution in [0.25, 0.3) is 0 Å². The Kier molecular flexibility index (Phi) is 5.00. The van der Waals surface area contributed by atoms with Crippen LogP contribution in [0.4, 0.5) is 8.78 Å². The molecule has 1 saturated heterocycles. The summed E-state index contributed by atoms with van der Waals surface area (Å²) in [6.07, 6.45) is 7.97. The number of halogens is 2. The van der Waals surface area contributed by atoms with Crippen LogP contribution in [0.5, 0.6) is 0 Å². The number of rotatable bonds is 3. The van der Waals surface area contributed by atoms with E-state index in [1.165, 1.54) is 12.8 Å². The van der Waals surface area contributed by atoms with Crippen molar-refractivity contribution in [2.75, 3.05) is 13.1 Å². The summed E-state index contributed by atoms with van der Waals surface area (Å²) in [5.74, 6) is -3.18. The molecule has 0 aromatic heterocycles. The van der Waals surface area contributed by atoms with E-state index >= 15 is 0 Å². The van der Waals surface area contributed by atoms with Gasteiger partial charge in [-0.25, -0.2) is 8.78 Å². The average Bonchev–Trinajstić information content (AvgIpc) is 2.99. The van der Waals surface area contributed by atoms with E-state index in [1.54, 1.807) is 4.90 Å². The molecule has 0 aromatic rings. The number of carbonyl (C=O) groups is 1. The van der Waals surface area contributed by atoms with E-state index < -0.39 is 11.8 Å². The predicted molar refractivity (Wildman–Crippen MR) is 79.8 cm³/mol. The highest BCUT2D eigenvalue weighted by molar-refractivity contribution is 5.79. The Morgan fingerprint density at radius 1 is 0.955 bits per heavy atom. The maximum atomic E-state index is 13.5. The molecular weight excluding hydrogens is 288 g/mol. The lowest BCUT2D eigenvalue weighted by Gasteiger charge is -2.37. The van der Waals surface area contributed by atoms with Crippen LogP contribution >= 0.6 is 0 Å². The van der Waals surface area contributed by atoms with Gasteiger partial charge in [-0.2, -0.15) is 0 Å². The number of alkyl halides is 2. The minimum Gasteiger partial charge on any atom is -0.375 e. The van der Waals surface area contributed by atoms with Crippen molar-refractivity contribution in [2.24, 2.45) is 5.92 Å². The number of amides is 1. The van der Waals surface area contributed by atoms with Crippen molar-refractivity contribution in [2.45, 2.75) is 82.3 Å². The summed E-state index contributed by atoms with van der Waals surface area (Å²) in [5.41, 5.74) is 0. The zero-order chi connectivity index (χ0) is 15.6. The molecule has 1 atom stereocenters. The van der Waals surface area contributed by atoms with Crippen molar-refractivity contribution >= 4 is 5.91 Å². The van der Waals surface area contributed by atoms with Crippen molar-refractivity contribution < 1.29 is 18.3 Å². The van der Waals surface area contributed by atoms with Crippen LogP contribution in [-0.2, 0) is 9.53 Å². The minimum absolute atomic E-state index is 0.0568. The first kappa shape index (κ1) is 16.2. The molecule has 0 radical (unpaired) electrons. The van der Waals surface area contributed by atoms with Crippen molar-refractivity contribution in [1.29, 1.82) is 0 Å². The van der Waals surface area contributed by atoms with Gasteiger partial charge in [-0.15, -0.1) is 0 Å². The van der Waals surface area contributed by atoms with Crippen LogP contribution in [0.15, 0.2) is 0 Å². The zero-order valence-corrected chi connectivity index (χ0v) is 13.2. The number of hydrogen-bond acceptors (Lipinski definition) is 2. The van der Waals surface area contributed by atoms with Crippen LogP contribution in [0.3, 0.4) is 0 Å². The fourth-order valence-corrected chi connectivity index (χ4v) is 4.15. The Hall–Kier alpha value is -0.710. The Bertz CT molecular complexity index is 388.